The molecule has 0 aliphatic carbocycles. The van der Waals surface area contributed by atoms with Crippen LogP contribution < -0.4 is 4.72 Å². The van der Waals surface area contributed by atoms with Crippen molar-refractivity contribution >= 4 is 15.9 Å². The summed E-state index contributed by atoms with van der Waals surface area (Å²) < 4.78 is 38.1. The van der Waals surface area contributed by atoms with Crippen molar-refractivity contribution in [1.82, 2.24) is 4.72 Å². The van der Waals surface area contributed by atoms with E-state index in [1.54, 1.807) is 6.92 Å². The van der Waals surface area contributed by atoms with Crippen LogP contribution in [0, 0.1) is 5.82 Å². The molecule has 1 aromatic rings. The highest BCUT2D eigenvalue weighted by molar-refractivity contribution is 7.89. The van der Waals surface area contributed by atoms with E-state index in [0.29, 0.717) is 6.42 Å². The van der Waals surface area contributed by atoms with Crippen LogP contribution in [0.25, 0.3) is 0 Å². The van der Waals surface area contributed by atoms with E-state index in [2.05, 4.69) is 4.72 Å². The van der Waals surface area contributed by atoms with Gasteiger partial charge in [0.2, 0.25) is 0 Å². The summed E-state index contributed by atoms with van der Waals surface area (Å²) in [6.45, 7) is 1.68. The van der Waals surface area contributed by atoms with Gasteiger partial charge in [-0.3, -0.25) is 4.79 Å². The van der Waals surface area contributed by atoms with Crippen molar-refractivity contribution < 1.29 is 17.6 Å². The number of rotatable bonds is 4. The number of carbonyl (C=O) groups excluding carboxylic acids is 1. The molecule has 1 amide bonds. The first-order valence-corrected chi connectivity index (χ1v) is 6.31. The van der Waals surface area contributed by atoms with Gasteiger partial charge in [0.25, 0.3) is 15.9 Å². The highest BCUT2D eigenvalue weighted by Crippen LogP contribution is 2.04. The molecular weight excluding hydrogens is 233 g/mol. The number of hydrogen-bond acceptors (Lipinski definition) is 3. The van der Waals surface area contributed by atoms with E-state index in [9.17, 15) is 17.6 Å². The topological polar surface area (TPSA) is 65.3 Å². The Bertz CT molecular complexity index is 467. The Morgan fingerprint density at radius 3 is 2.38 bits per heavy atom. The van der Waals surface area contributed by atoms with Gasteiger partial charge in [0, 0.05) is 5.56 Å². The Morgan fingerprint density at radius 2 is 1.88 bits per heavy atom. The molecule has 1 aromatic carbocycles. The van der Waals surface area contributed by atoms with Crippen molar-refractivity contribution in [2.75, 3.05) is 5.75 Å². The van der Waals surface area contributed by atoms with Crippen LogP contribution in [0.15, 0.2) is 24.3 Å². The lowest BCUT2D eigenvalue weighted by Gasteiger charge is -2.01. The highest BCUT2D eigenvalue weighted by atomic mass is 32.2. The minimum atomic E-state index is -3.71. The average molecular weight is 244 g/mol. The van der Waals surface area contributed by atoms with Crippen LogP contribution in [0.1, 0.15) is 23.7 Å². The molecule has 0 bridgehead atoms. The van der Waals surface area contributed by atoms with Crippen molar-refractivity contribution in [1.29, 1.82) is 0 Å². The van der Waals surface area contributed by atoms with Crippen LogP contribution >= 0.6 is 0 Å². The average Bonchev–Trinajstić information content (AvgIpc) is 2.17. The van der Waals surface area contributed by atoms with Gasteiger partial charge in [-0.2, -0.15) is 0 Å². The molecule has 0 unspecified atom stereocenters. The molecule has 0 aliphatic heterocycles. The normalized spacial score (nSPS) is 11.1. The van der Waals surface area contributed by atoms with E-state index in [0.717, 1.165) is 12.1 Å². The smallest absolute Gasteiger partial charge is 0.266 e. The summed E-state index contributed by atoms with van der Waals surface area (Å²) in [5.74, 6) is -1.53. The lowest BCUT2D eigenvalue weighted by molar-refractivity contribution is 0.0978. The van der Waals surface area contributed by atoms with E-state index < -0.39 is 21.7 Å². The maximum absolute atomic E-state index is 12.5. The molecule has 0 fully saturated rings. The van der Waals surface area contributed by atoms with Crippen molar-refractivity contribution in [3.8, 4) is 0 Å². The Balaban J connectivity index is 2.77. The van der Waals surface area contributed by atoms with Crippen LogP contribution in [0.3, 0.4) is 0 Å². The lowest BCUT2D eigenvalue weighted by Crippen LogP contribution is -2.25. The molecule has 0 aromatic heterocycles. The quantitative estimate of drug-likeness (QED) is 0.802. The second kappa shape index (κ2) is 5.07. The van der Waals surface area contributed by atoms with E-state index in [4.69, 9.17) is 0 Å². The van der Waals surface area contributed by atoms with E-state index >= 15 is 0 Å². The van der Waals surface area contributed by atoms with Gasteiger partial charge in [-0.05, 0) is 30.7 Å². The lowest BCUT2D eigenvalue weighted by atomic mass is 10.2. The van der Waals surface area contributed by atoms with E-state index in [-0.39, 0.29) is 11.3 Å². The SMILES string of the molecule is CCCS(=O)(=O)[N]C(=O)c1ccc(F)cc1. The number of nitrogens with zero attached hydrogens (tertiary/aromatic N) is 1. The van der Waals surface area contributed by atoms with Gasteiger partial charge in [-0.1, -0.05) is 6.92 Å². The zero-order valence-electron chi connectivity index (χ0n) is 8.68. The molecule has 0 saturated carbocycles. The van der Waals surface area contributed by atoms with Crippen LogP contribution in [0.4, 0.5) is 4.39 Å². The summed E-state index contributed by atoms with van der Waals surface area (Å²) in [5.41, 5.74) is 0.0566. The summed E-state index contributed by atoms with van der Waals surface area (Å²) in [7, 11) is -3.71. The van der Waals surface area contributed by atoms with Gasteiger partial charge < -0.3 is 0 Å². The molecule has 0 saturated heterocycles. The fourth-order valence-electron chi connectivity index (χ4n) is 1.08. The minimum Gasteiger partial charge on any atom is -0.266 e. The Kier molecular flexibility index (Phi) is 4.00. The molecule has 1 rings (SSSR count). The summed E-state index contributed by atoms with van der Waals surface area (Å²) in [5, 5.41) is 0. The number of sulfonamides is 1. The van der Waals surface area contributed by atoms with Crippen molar-refractivity contribution in [2.24, 2.45) is 0 Å². The third kappa shape index (κ3) is 3.62. The monoisotopic (exact) mass is 244 g/mol. The van der Waals surface area contributed by atoms with Crippen molar-refractivity contribution in [3.63, 3.8) is 0 Å². The van der Waals surface area contributed by atoms with Gasteiger partial charge in [0.1, 0.15) is 5.82 Å². The number of hydrogen-bond donors (Lipinski definition) is 0. The van der Waals surface area contributed by atoms with Crippen LogP contribution in [0.2, 0.25) is 0 Å². The standard InChI is InChI=1S/C10H11FNO3S/c1-2-7-16(14,15)12-10(13)8-3-5-9(11)6-4-8/h3-6H,2,7H2,1H3. The Hall–Kier alpha value is -1.43. The predicted molar refractivity (Wildman–Crippen MR) is 56.9 cm³/mol. The molecule has 4 nitrogen and oxygen atoms in total. The van der Waals surface area contributed by atoms with Crippen LogP contribution in [-0.4, -0.2) is 20.1 Å². The first-order valence-electron chi connectivity index (χ1n) is 4.70. The van der Waals surface area contributed by atoms with Crippen molar-refractivity contribution in [2.45, 2.75) is 13.3 Å². The van der Waals surface area contributed by atoms with E-state index in [1.807, 2.05) is 0 Å². The number of halogens is 1. The molecule has 0 aliphatic rings. The third-order valence-electron chi connectivity index (χ3n) is 1.78. The van der Waals surface area contributed by atoms with Gasteiger partial charge in [-0.25, -0.2) is 12.8 Å². The van der Waals surface area contributed by atoms with Gasteiger partial charge >= 0.3 is 0 Å². The first kappa shape index (κ1) is 12.6. The molecule has 0 spiro atoms. The minimum absolute atomic E-state index is 0.0566. The number of carbonyl (C=O) groups is 1. The van der Waals surface area contributed by atoms with Crippen LogP contribution in [-0.2, 0) is 10.0 Å². The van der Waals surface area contributed by atoms with Gasteiger partial charge in [-0.15, -0.1) is 4.72 Å². The Labute approximate surface area is 93.5 Å². The number of amides is 1. The fraction of sp³-hybridized carbons (Fsp3) is 0.300. The van der Waals surface area contributed by atoms with Gasteiger partial charge in [0.05, 0.1) is 5.75 Å². The largest absolute Gasteiger partial charge is 0.287 e. The van der Waals surface area contributed by atoms with Crippen LogP contribution in [0.5, 0.6) is 0 Å². The number of benzene rings is 1. The molecule has 87 valence electrons. The molecule has 1 radical (unpaired) electrons. The maximum atomic E-state index is 12.5. The highest BCUT2D eigenvalue weighted by Gasteiger charge is 2.17. The zero-order chi connectivity index (χ0) is 12.2. The predicted octanol–water partition coefficient (Wildman–Crippen LogP) is 1.31. The first-order chi connectivity index (χ1) is 7.44. The zero-order valence-corrected chi connectivity index (χ0v) is 9.50. The third-order valence-corrected chi connectivity index (χ3v) is 3.14. The molecular formula is C10H11FNO3S. The van der Waals surface area contributed by atoms with E-state index in [1.165, 1.54) is 12.1 Å². The summed E-state index contributed by atoms with van der Waals surface area (Å²) in [6, 6.07) is 4.55. The molecule has 16 heavy (non-hydrogen) atoms. The summed E-state index contributed by atoms with van der Waals surface area (Å²) in [6.07, 6.45) is 0.391. The molecule has 0 atom stereocenters. The Morgan fingerprint density at radius 1 is 1.31 bits per heavy atom. The summed E-state index contributed by atoms with van der Waals surface area (Å²) >= 11 is 0. The summed E-state index contributed by atoms with van der Waals surface area (Å²) in [4.78, 5) is 11.4. The maximum Gasteiger partial charge on any atom is 0.287 e. The molecule has 0 N–H and O–H groups in total. The molecule has 0 heterocycles. The molecule has 6 heteroatoms. The fourth-order valence-corrected chi connectivity index (χ4v) is 2.04. The van der Waals surface area contributed by atoms with Crippen molar-refractivity contribution in [3.05, 3.63) is 35.6 Å². The second-order valence-corrected chi connectivity index (χ2v) is 4.94. The second-order valence-electron chi connectivity index (χ2n) is 3.19. The van der Waals surface area contributed by atoms with Gasteiger partial charge in [0.15, 0.2) is 0 Å².